The quantitative estimate of drug-likeness (QED) is 0.847. The van der Waals surface area contributed by atoms with E-state index >= 15 is 0 Å². The summed E-state index contributed by atoms with van der Waals surface area (Å²) in [4.78, 5) is 12.0. The molecule has 5 nitrogen and oxygen atoms in total. The molecule has 0 atom stereocenters. The topological polar surface area (TPSA) is 72.5 Å². The number of hydrogen-bond acceptors (Lipinski definition) is 4. The molecular weight excluding hydrogens is 338 g/mol. The molecule has 0 spiro atoms. The maximum absolute atomic E-state index is 12.3. The van der Waals surface area contributed by atoms with Gasteiger partial charge in [0.15, 0.2) is 9.84 Å². The fourth-order valence-corrected chi connectivity index (χ4v) is 4.32. The van der Waals surface area contributed by atoms with Gasteiger partial charge in [-0.3, -0.25) is 4.79 Å². The van der Waals surface area contributed by atoms with Crippen LogP contribution in [0.15, 0.2) is 23.1 Å². The minimum Gasteiger partial charge on any atom is -0.495 e. The zero-order chi connectivity index (χ0) is 16.9. The van der Waals surface area contributed by atoms with E-state index < -0.39 is 9.84 Å². The molecule has 1 aromatic rings. The summed E-state index contributed by atoms with van der Waals surface area (Å²) >= 11 is 5.96. The number of carbonyl (C=O) groups is 1. The maximum Gasteiger partial charge on any atom is 0.221 e. The summed E-state index contributed by atoms with van der Waals surface area (Å²) in [5.74, 6) is -0.0189. The SMILES string of the molecule is COc1ccc(S(=O)(=O)CCC(=O)NC2CCCCC2)cc1Cl. The Balaban J connectivity index is 1.92. The molecule has 1 aromatic carbocycles. The van der Waals surface area contributed by atoms with Crippen molar-refractivity contribution in [3.63, 3.8) is 0 Å². The van der Waals surface area contributed by atoms with Gasteiger partial charge in [-0.15, -0.1) is 0 Å². The van der Waals surface area contributed by atoms with E-state index in [2.05, 4.69) is 5.32 Å². The number of hydrogen-bond donors (Lipinski definition) is 1. The van der Waals surface area contributed by atoms with Gasteiger partial charge in [-0.1, -0.05) is 30.9 Å². The van der Waals surface area contributed by atoms with Crippen molar-refractivity contribution in [1.29, 1.82) is 0 Å². The molecule has 7 heteroatoms. The molecule has 0 aliphatic heterocycles. The van der Waals surface area contributed by atoms with E-state index in [1.54, 1.807) is 0 Å². The summed E-state index contributed by atoms with van der Waals surface area (Å²) in [7, 11) is -2.08. The molecule has 0 saturated heterocycles. The molecule has 0 unspecified atom stereocenters. The number of ether oxygens (including phenoxy) is 1. The number of sulfone groups is 1. The predicted molar refractivity (Wildman–Crippen MR) is 89.7 cm³/mol. The average molecular weight is 360 g/mol. The van der Waals surface area contributed by atoms with Crippen molar-refractivity contribution >= 4 is 27.3 Å². The minimum absolute atomic E-state index is 0.0392. The monoisotopic (exact) mass is 359 g/mol. The van der Waals surface area contributed by atoms with Gasteiger partial charge in [0, 0.05) is 12.5 Å². The molecule has 1 fully saturated rings. The smallest absolute Gasteiger partial charge is 0.221 e. The standard InChI is InChI=1S/C16H22ClNO4S/c1-22-15-8-7-13(11-14(15)17)23(20,21)10-9-16(19)18-12-5-3-2-4-6-12/h7-8,11-12H,2-6,9-10H2,1H3,(H,18,19). The third-order valence-corrected chi connectivity index (χ3v) is 6.06. The second-order valence-corrected chi connectivity index (χ2v) is 8.28. The highest BCUT2D eigenvalue weighted by atomic mass is 35.5. The molecule has 0 heterocycles. The molecule has 1 N–H and O–H groups in total. The highest BCUT2D eigenvalue weighted by Crippen LogP contribution is 2.27. The van der Waals surface area contributed by atoms with Gasteiger partial charge in [-0.2, -0.15) is 0 Å². The molecule has 1 aliphatic rings. The molecule has 2 rings (SSSR count). The predicted octanol–water partition coefficient (Wildman–Crippen LogP) is 2.96. The lowest BCUT2D eigenvalue weighted by molar-refractivity contribution is -0.121. The molecule has 0 bridgehead atoms. The second-order valence-electron chi connectivity index (χ2n) is 5.77. The third kappa shape index (κ3) is 5.11. The minimum atomic E-state index is -3.54. The number of nitrogens with one attached hydrogen (secondary N) is 1. The first kappa shape index (κ1) is 18.1. The van der Waals surface area contributed by atoms with Crippen LogP contribution in [0.2, 0.25) is 5.02 Å². The van der Waals surface area contributed by atoms with Crippen molar-refractivity contribution in [2.45, 2.75) is 49.5 Å². The Morgan fingerprint density at radius 1 is 1.30 bits per heavy atom. The zero-order valence-electron chi connectivity index (χ0n) is 13.2. The van der Waals surface area contributed by atoms with E-state index in [0.29, 0.717) is 5.75 Å². The van der Waals surface area contributed by atoms with Gasteiger partial charge >= 0.3 is 0 Å². The Labute approximate surface area is 142 Å². The first-order valence-electron chi connectivity index (χ1n) is 7.78. The summed E-state index contributed by atoms with van der Waals surface area (Å²) in [6.07, 6.45) is 5.36. The van der Waals surface area contributed by atoms with E-state index in [4.69, 9.17) is 16.3 Å². The van der Waals surface area contributed by atoms with Gasteiger partial charge in [0.05, 0.1) is 22.8 Å². The summed E-state index contributed by atoms with van der Waals surface area (Å²) in [5, 5.41) is 3.16. The number of carbonyl (C=O) groups excluding carboxylic acids is 1. The molecular formula is C16H22ClNO4S. The van der Waals surface area contributed by atoms with Crippen LogP contribution < -0.4 is 10.1 Å². The maximum atomic E-state index is 12.3. The van der Waals surface area contributed by atoms with Crippen LogP contribution in [-0.2, 0) is 14.6 Å². The highest BCUT2D eigenvalue weighted by molar-refractivity contribution is 7.91. The fraction of sp³-hybridized carbons (Fsp3) is 0.562. The molecule has 128 valence electrons. The average Bonchev–Trinajstić information content (AvgIpc) is 2.54. The van der Waals surface area contributed by atoms with E-state index in [-0.39, 0.29) is 34.0 Å². The van der Waals surface area contributed by atoms with Crippen molar-refractivity contribution in [2.24, 2.45) is 0 Å². The summed E-state index contributed by atoms with van der Waals surface area (Å²) in [6.45, 7) is 0. The Bertz CT molecular complexity index is 654. The molecule has 23 heavy (non-hydrogen) atoms. The van der Waals surface area contributed by atoms with E-state index in [1.165, 1.54) is 31.7 Å². The van der Waals surface area contributed by atoms with E-state index in [1.807, 2.05) is 0 Å². The number of amides is 1. The van der Waals surface area contributed by atoms with Crippen molar-refractivity contribution < 1.29 is 17.9 Å². The van der Waals surface area contributed by atoms with Gasteiger partial charge in [0.2, 0.25) is 5.91 Å². The van der Waals surface area contributed by atoms with Crippen LogP contribution in [0.4, 0.5) is 0 Å². The Kier molecular flexibility index (Phi) is 6.30. The van der Waals surface area contributed by atoms with Crippen molar-refractivity contribution in [3.8, 4) is 5.75 Å². The number of benzene rings is 1. The van der Waals surface area contributed by atoms with E-state index in [0.717, 1.165) is 25.7 Å². The summed E-state index contributed by atoms with van der Waals surface area (Å²) in [6, 6.07) is 4.50. The van der Waals surface area contributed by atoms with Crippen LogP contribution in [0, 0.1) is 0 Å². The molecule has 1 aliphatic carbocycles. The summed E-state index contributed by atoms with van der Waals surface area (Å²) < 4.78 is 29.6. The van der Waals surface area contributed by atoms with Gasteiger partial charge < -0.3 is 10.1 Å². The van der Waals surface area contributed by atoms with Crippen molar-refractivity contribution in [3.05, 3.63) is 23.2 Å². The molecule has 0 radical (unpaired) electrons. The van der Waals surface area contributed by atoms with Crippen LogP contribution in [0.3, 0.4) is 0 Å². The largest absolute Gasteiger partial charge is 0.495 e. The van der Waals surface area contributed by atoms with Crippen LogP contribution in [0.25, 0.3) is 0 Å². The fourth-order valence-electron chi connectivity index (χ4n) is 2.73. The lowest BCUT2D eigenvalue weighted by atomic mass is 9.95. The lowest BCUT2D eigenvalue weighted by Gasteiger charge is -2.22. The van der Waals surface area contributed by atoms with Gasteiger partial charge in [0.25, 0.3) is 0 Å². The van der Waals surface area contributed by atoms with Crippen LogP contribution in [0.5, 0.6) is 5.75 Å². The highest BCUT2D eigenvalue weighted by Gasteiger charge is 2.20. The van der Waals surface area contributed by atoms with Crippen LogP contribution in [-0.4, -0.2) is 33.2 Å². The number of methoxy groups -OCH3 is 1. The van der Waals surface area contributed by atoms with Crippen LogP contribution in [0.1, 0.15) is 38.5 Å². The Morgan fingerprint density at radius 3 is 2.61 bits per heavy atom. The van der Waals surface area contributed by atoms with Crippen molar-refractivity contribution in [2.75, 3.05) is 12.9 Å². The first-order chi connectivity index (χ1) is 10.9. The first-order valence-corrected chi connectivity index (χ1v) is 9.81. The number of rotatable bonds is 6. The van der Waals surface area contributed by atoms with Gasteiger partial charge in [-0.05, 0) is 31.0 Å². The second kappa shape index (κ2) is 8.02. The molecule has 0 aromatic heterocycles. The Morgan fingerprint density at radius 2 is 2.00 bits per heavy atom. The van der Waals surface area contributed by atoms with Gasteiger partial charge in [0.1, 0.15) is 5.75 Å². The van der Waals surface area contributed by atoms with Gasteiger partial charge in [-0.25, -0.2) is 8.42 Å². The van der Waals surface area contributed by atoms with Crippen molar-refractivity contribution in [1.82, 2.24) is 5.32 Å². The molecule has 1 amide bonds. The van der Waals surface area contributed by atoms with E-state index in [9.17, 15) is 13.2 Å². The van der Waals surface area contributed by atoms with Crippen LogP contribution >= 0.6 is 11.6 Å². The normalized spacial score (nSPS) is 16.1. The number of halogens is 1. The summed E-state index contributed by atoms with van der Waals surface area (Å²) in [5.41, 5.74) is 0. The lowest BCUT2D eigenvalue weighted by Crippen LogP contribution is -2.36. The molecule has 1 saturated carbocycles. The third-order valence-electron chi connectivity index (χ3n) is 4.05. The Hall–Kier alpha value is -1.27. The zero-order valence-corrected chi connectivity index (χ0v) is 14.8.